The Kier molecular flexibility index (Phi) is 13.1. The first-order valence-corrected chi connectivity index (χ1v) is 15.3. The number of hydrogen-bond acceptors (Lipinski definition) is 3. The van der Waals surface area contributed by atoms with Gasteiger partial charge >= 0.3 is 23.2 Å². The molecule has 4 rings (SSSR count). The molecule has 0 aromatic heterocycles. The molecule has 0 atom stereocenters. The monoisotopic (exact) mass is 610 g/mol. The van der Waals surface area contributed by atoms with Crippen molar-refractivity contribution in [3.8, 4) is 0 Å². The molecule has 1 aliphatic rings. The van der Waals surface area contributed by atoms with Gasteiger partial charge in [0.25, 0.3) is 0 Å². The van der Waals surface area contributed by atoms with Crippen LogP contribution in [0.25, 0.3) is 4.98 Å². The third-order valence-electron chi connectivity index (χ3n) is 4.31. The third-order valence-corrected chi connectivity index (χ3v) is 8.21. The van der Waals surface area contributed by atoms with E-state index in [1.54, 1.807) is 0 Å². The Hall–Kier alpha value is -1.06. The van der Waals surface area contributed by atoms with Gasteiger partial charge in [-0.15, -0.1) is 37.2 Å². The molecule has 3 aromatic carbocycles. The van der Waals surface area contributed by atoms with Crippen LogP contribution in [0.5, 0.6) is 0 Å². The molecule has 172 valence electrons. The SMILES string of the molecule is C[Si](C)(C)[N-]C1=NP(c2ccccc2)(c2ccccc2)=Nc2ccccc21.Cl.Cl.Cl.[O]=[Mo]. The number of benzene rings is 3. The van der Waals surface area contributed by atoms with Gasteiger partial charge in [0.15, 0.2) is 0 Å². The van der Waals surface area contributed by atoms with Gasteiger partial charge in [0, 0.05) is 15.4 Å². The van der Waals surface area contributed by atoms with Crippen molar-refractivity contribution in [3.05, 3.63) is 95.5 Å². The number of halogens is 3. The first kappa shape index (κ1) is 30.9. The molecule has 32 heavy (non-hydrogen) atoms. The Labute approximate surface area is 221 Å². The summed E-state index contributed by atoms with van der Waals surface area (Å²) < 4.78 is 18.8. The molecule has 10 heteroatoms. The van der Waals surface area contributed by atoms with Crippen molar-refractivity contribution in [1.82, 2.24) is 0 Å². The zero-order chi connectivity index (χ0) is 20.9. The number of nitrogens with zero attached hydrogens (tertiary/aromatic N) is 3. The van der Waals surface area contributed by atoms with Gasteiger partial charge in [0.2, 0.25) is 0 Å². The van der Waals surface area contributed by atoms with Crippen molar-refractivity contribution >= 4 is 74.8 Å². The minimum absolute atomic E-state index is 0. The second-order valence-electron chi connectivity index (χ2n) is 7.60. The van der Waals surface area contributed by atoms with E-state index in [1.165, 1.54) is 0 Å². The minimum atomic E-state index is -2.33. The molecule has 0 unspecified atom stereocenters. The van der Waals surface area contributed by atoms with Crippen LogP contribution in [-0.2, 0) is 23.2 Å². The van der Waals surface area contributed by atoms with Crippen molar-refractivity contribution < 1.29 is 23.2 Å². The maximum absolute atomic E-state index is 8.26. The molecule has 4 nitrogen and oxygen atoms in total. The average molecular weight is 610 g/mol. The summed E-state index contributed by atoms with van der Waals surface area (Å²) in [5.74, 6) is 0.862. The van der Waals surface area contributed by atoms with E-state index >= 15 is 0 Å². The molecule has 1 aliphatic heterocycles. The molecule has 0 saturated carbocycles. The second kappa shape index (κ2) is 13.6. The van der Waals surface area contributed by atoms with E-state index in [-0.39, 0.29) is 37.2 Å². The Morgan fingerprint density at radius 2 is 1.16 bits per heavy atom. The molecule has 0 fully saturated rings. The summed E-state index contributed by atoms with van der Waals surface area (Å²) in [4.78, 5) is 5.11. The Morgan fingerprint density at radius 3 is 1.62 bits per heavy atom. The number of amidine groups is 1. The Morgan fingerprint density at radius 1 is 0.719 bits per heavy atom. The quantitative estimate of drug-likeness (QED) is 0.229. The van der Waals surface area contributed by atoms with Gasteiger partial charge in [-0.2, -0.15) is 0 Å². The molecule has 0 spiro atoms. The summed E-state index contributed by atoms with van der Waals surface area (Å²) in [6.45, 7) is 6.74. The molecule has 0 radical (unpaired) electrons. The predicted molar refractivity (Wildman–Crippen MR) is 143 cm³/mol. The third kappa shape index (κ3) is 6.97. The standard InChI is InChI=1S/C22H23N3PSi.3ClH.Mo.O/c1-27(2,3)25-22-20-16-10-11-17-21(20)23-26(24-22,18-12-6-4-7-13-18)19-14-8-5-9-15-19;;;;;/h4-17H,1-3H3;3*1H;;/q-1;;;;;. The first-order valence-electron chi connectivity index (χ1n) is 9.31. The van der Waals surface area contributed by atoms with Crippen LogP contribution < -0.4 is 10.6 Å². The average Bonchev–Trinajstić information content (AvgIpc) is 2.75. The summed E-state index contributed by atoms with van der Waals surface area (Å²) in [5.41, 5.74) is 2.04. The van der Waals surface area contributed by atoms with E-state index in [1.807, 2.05) is 24.3 Å². The number of fused-ring (bicyclic) bond motifs is 1. The van der Waals surface area contributed by atoms with Crippen LogP contribution in [0.15, 0.2) is 94.4 Å². The summed E-state index contributed by atoms with van der Waals surface area (Å²) in [6, 6.07) is 29.2. The van der Waals surface area contributed by atoms with Gasteiger partial charge in [-0.1, -0.05) is 104 Å². The van der Waals surface area contributed by atoms with Crippen molar-refractivity contribution in [2.24, 2.45) is 9.51 Å². The molecular formula is C22H26Cl3MoN3OPSi-. The topological polar surface area (TPSA) is 55.9 Å². The van der Waals surface area contributed by atoms with Gasteiger partial charge in [-0.25, -0.2) is 0 Å². The zero-order valence-corrected chi connectivity index (χ0v) is 24.3. The van der Waals surface area contributed by atoms with E-state index in [0.717, 1.165) is 27.7 Å². The molecule has 0 N–H and O–H groups in total. The second-order valence-corrected chi connectivity index (χ2v) is 14.8. The van der Waals surface area contributed by atoms with Crippen molar-refractivity contribution in [2.45, 2.75) is 19.6 Å². The summed E-state index contributed by atoms with van der Waals surface area (Å²) >= 11 is 0.700. The fraction of sp³-hybridized carbons (Fsp3) is 0.136. The van der Waals surface area contributed by atoms with Crippen LogP contribution in [0.3, 0.4) is 0 Å². The molecule has 0 bridgehead atoms. The summed E-state index contributed by atoms with van der Waals surface area (Å²) in [6.07, 6.45) is 0. The van der Waals surface area contributed by atoms with Gasteiger partial charge in [-0.3, -0.25) is 4.74 Å². The molecular weight excluding hydrogens is 584 g/mol. The Bertz CT molecular complexity index is 1040. The van der Waals surface area contributed by atoms with Crippen molar-refractivity contribution in [2.75, 3.05) is 0 Å². The van der Waals surface area contributed by atoms with Gasteiger partial charge in [0.1, 0.15) is 0 Å². The van der Waals surface area contributed by atoms with Crippen LogP contribution in [-0.4, -0.2) is 14.1 Å². The molecule has 0 aliphatic carbocycles. The van der Waals surface area contributed by atoms with E-state index in [4.69, 9.17) is 17.9 Å². The van der Waals surface area contributed by atoms with E-state index in [0.29, 0.717) is 19.8 Å². The van der Waals surface area contributed by atoms with Crippen LogP contribution in [0.4, 0.5) is 5.69 Å². The van der Waals surface area contributed by atoms with Crippen LogP contribution in [0, 0.1) is 0 Å². The zero-order valence-electron chi connectivity index (χ0n) is 17.9. The Balaban J connectivity index is 0.00000187. The molecule has 0 saturated heterocycles. The fourth-order valence-corrected chi connectivity index (χ4v) is 6.95. The summed E-state index contributed by atoms with van der Waals surface area (Å²) in [7, 11) is -4.04. The van der Waals surface area contributed by atoms with E-state index in [9.17, 15) is 0 Å². The first-order chi connectivity index (χ1) is 14.0. The molecule has 3 aromatic rings. The van der Waals surface area contributed by atoms with Crippen molar-refractivity contribution in [1.29, 1.82) is 0 Å². The number of rotatable bonds is 3. The summed E-state index contributed by atoms with van der Waals surface area (Å²) in [5, 5.41) is 2.32. The van der Waals surface area contributed by atoms with E-state index in [2.05, 4.69) is 80.3 Å². The fourth-order valence-electron chi connectivity index (χ4n) is 3.17. The predicted octanol–water partition coefficient (Wildman–Crippen LogP) is 7.20. The normalized spacial score (nSPS) is 13.0. The van der Waals surface area contributed by atoms with Gasteiger partial charge in [-0.05, 0) is 22.2 Å². The maximum atomic E-state index is 8.26. The number of hydrogen-bond donors (Lipinski definition) is 0. The van der Waals surface area contributed by atoms with E-state index < -0.39 is 15.4 Å². The molecule has 1 heterocycles. The van der Waals surface area contributed by atoms with Crippen molar-refractivity contribution in [3.63, 3.8) is 0 Å². The molecule has 0 amide bonds. The van der Waals surface area contributed by atoms with Crippen LogP contribution in [0.1, 0.15) is 5.56 Å². The van der Waals surface area contributed by atoms with Gasteiger partial charge in [0.05, 0.1) is 5.69 Å². The van der Waals surface area contributed by atoms with Crippen LogP contribution >= 0.6 is 44.4 Å². The van der Waals surface area contributed by atoms with Gasteiger partial charge < -0.3 is 9.75 Å². The van der Waals surface area contributed by atoms with Crippen LogP contribution in [0.2, 0.25) is 19.6 Å².